The van der Waals surface area contributed by atoms with Crippen LogP contribution in [0.4, 0.5) is 9.18 Å². The summed E-state index contributed by atoms with van der Waals surface area (Å²) in [7, 11) is 1.88. The predicted octanol–water partition coefficient (Wildman–Crippen LogP) is 7.24. The SMILES string of the molecule is C#C.C/C=C\C=C1/CN(C)C(c2ccc(F)cc2)=C(OCCCOC2=CC=C(/C(C)=C3/SC(=O)NC3=O)C=CC2)C1=O.CC. The van der Waals surface area contributed by atoms with Gasteiger partial charge in [0.15, 0.2) is 5.76 Å². The standard InChI is InChI=1S/C31H31FN2O5S.C2H6.C2H2/c1-4-5-8-23-19-34(3)26(22-11-14-24(32)15-12-22)28(27(23)35)39-18-7-17-38-25-10-6-9-21(13-16-25)20(2)29-30(36)33-31(37)40-29;2*1-2/h4-6,8-9,11-16H,7,10,17-19H2,1-3H3,(H,33,36,37);1-2H3;1-2H/b5-4-,23-8+,29-20+;;. The van der Waals surface area contributed by atoms with Crippen molar-refractivity contribution in [3.8, 4) is 12.8 Å². The molecule has 0 unspecified atom stereocenters. The predicted molar refractivity (Wildman–Crippen MR) is 175 cm³/mol. The van der Waals surface area contributed by atoms with Crippen LogP contribution < -0.4 is 5.32 Å². The summed E-state index contributed by atoms with van der Waals surface area (Å²) < 4.78 is 25.5. The Morgan fingerprint density at radius 1 is 1.09 bits per heavy atom. The van der Waals surface area contributed by atoms with Crippen molar-refractivity contribution in [2.24, 2.45) is 0 Å². The summed E-state index contributed by atoms with van der Waals surface area (Å²) in [6.45, 7) is 8.74. The molecule has 1 N–H and O–H groups in total. The minimum atomic E-state index is -0.378. The van der Waals surface area contributed by atoms with Gasteiger partial charge in [0.05, 0.1) is 29.6 Å². The second-order valence-corrected chi connectivity index (χ2v) is 10.3. The van der Waals surface area contributed by atoms with E-state index in [1.54, 1.807) is 18.2 Å². The fourth-order valence-electron chi connectivity index (χ4n) is 4.36. The number of carbonyl (C=O) groups excluding carboxylic acids is 3. The highest BCUT2D eigenvalue weighted by molar-refractivity contribution is 8.18. The molecule has 0 bridgehead atoms. The second-order valence-electron chi connectivity index (χ2n) is 9.30. The van der Waals surface area contributed by atoms with Gasteiger partial charge in [0.2, 0.25) is 5.78 Å². The van der Waals surface area contributed by atoms with Crippen molar-refractivity contribution >= 4 is 34.4 Å². The van der Waals surface area contributed by atoms with Gasteiger partial charge in [-0.15, -0.1) is 12.8 Å². The second kappa shape index (κ2) is 18.2. The third-order valence-corrected chi connectivity index (χ3v) is 7.37. The van der Waals surface area contributed by atoms with Gasteiger partial charge >= 0.3 is 0 Å². The van der Waals surface area contributed by atoms with Crippen LogP contribution in [-0.2, 0) is 19.1 Å². The van der Waals surface area contributed by atoms with E-state index >= 15 is 0 Å². The zero-order chi connectivity index (χ0) is 32.6. The Morgan fingerprint density at radius 3 is 2.41 bits per heavy atom. The number of hydrogen-bond donors (Lipinski definition) is 1. The summed E-state index contributed by atoms with van der Waals surface area (Å²) in [6.07, 6.45) is 22.1. The highest BCUT2D eigenvalue weighted by atomic mass is 32.2. The number of ether oxygens (including phenoxy) is 2. The molecule has 1 saturated heterocycles. The van der Waals surface area contributed by atoms with Gasteiger partial charge in [-0.1, -0.05) is 50.3 Å². The van der Waals surface area contributed by atoms with Gasteiger partial charge in [-0.3, -0.25) is 19.7 Å². The number of amides is 2. The van der Waals surface area contributed by atoms with Gasteiger partial charge in [0, 0.05) is 37.6 Å². The molecule has 0 radical (unpaired) electrons. The Kier molecular flexibility index (Phi) is 14.7. The molecule has 1 aromatic rings. The number of halogens is 1. The average Bonchev–Trinajstić information content (AvgIpc) is 3.21. The van der Waals surface area contributed by atoms with E-state index in [0.29, 0.717) is 47.7 Å². The van der Waals surface area contributed by atoms with Crippen molar-refractivity contribution in [1.29, 1.82) is 0 Å². The van der Waals surface area contributed by atoms with Crippen LogP contribution in [0.15, 0.2) is 99.9 Å². The molecule has 2 heterocycles. The molecule has 2 aliphatic heterocycles. The molecular formula is C35H39FN2O5S. The van der Waals surface area contributed by atoms with Crippen molar-refractivity contribution in [2.45, 2.75) is 40.5 Å². The molecule has 232 valence electrons. The van der Waals surface area contributed by atoms with E-state index in [0.717, 1.165) is 28.7 Å². The lowest BCUT2D eigenvalue weighted by molar-refractivity contribution is -0.116. The maximum atomic E-state index is 13.6. The Morgan fingerprint density at radius 2 is 1.77 bits per heavy atom. The molecule has 9 heteroatoms. The zero-order valence-electron chi connectivity index (χ0n) is 25.8. The van der Waals surface area contributed by atoms with Crippen molar-refractivity contribution in [2.75, 3.05) is 26.8 Å². The number of nitrogens with one attached hydrogen (secondary N) is 1. The van der Waals surface area contributed by atoms with E-state index in [4.69, 9.17) is 9.47 Å². The molecule has 0 spiro atoms. The number of nitrogens with zero attached hydrogens (tertiary/aromatic N) is 1. The fraction of sp³-hybridized carbons (Fsp3) is 0.286. The topological polar surface area (TPSA) is 84.9 Å². The van der Waals surface area contributed by atoms with Gasteiger partial charge in [-0.05, 0) is 67.1 Å². The first kappa shape index (κ1) is 35.6. The molecule has 0 aromatic heterocycles. The van der Waals surface area contributed by atoms with Crippen molar-refractivity contribution in [3.05, 3.63) is 111 Å². The Bertz CT molecular complexity index is 1460. The number of imide groups is 1. The highest BCUT2D eigenvalue weighted by Gasteiger charge is 2.31. The molecule has 44 heavy (non-hydrogen) atoms. The number of ketones is 1. The van der Waals surface area contributed by atoms with E-state index in [-0.39, 0.29) is 35.1 Å². The molecular weight excluding hydrogens is 579 g/mol. The van der Waals surface area contributed by atoms with Crippen LogP contribution in [0.1, 0.15) is 46.1 Å². The number of hydrogen-bond acceptors (Lipinski definition) is 7. The number of thioether (sulfide) groups is 1. The quantitative estimate of drug-likeness (QED) is 0.177. The number of benzene rings is 1. The van der Waals surface area contributed by atoms with Crippen LogP contribution in [0.25, 0.3) is 5.70 Å². The van der Waals surface area contributed by atoms with Crippen LogP contribution in [-0.4, -0.2) is 48.6 Å². The van der Waals surface area contributed by atoms with Gasteiger partial charge in [0.25, 0.3) is 11.1 Å². The third-order valence-electron chi connectivity index (χ3n) is 6.39. The van der Waals surface area contributed by atoms with E-state index in [1.807, 2.05) is 76.1 Å². The molecule has 7 nitrogen and oxygen atoms in total. The number of carbonyl (C=O) groups is 3. The number of likely N-dealkylation sites (N-methyl/N-ethyl adjacent to an activating group) is 1. The summed E-state index contributed by atoms with van der Waals surface area (Å²) in [6, 6.07) is 6.02. The minimum absolute atomic E-state index is 0.189. The van der Waals surface area contributed by atoms with Crippen molar-refractivity contribution < 1.29 is 28.2 Å². The largest absolute Gasteiger partial charge is 0.497 e. The molecule has 2 amide bonds. The minimum Gasteiger partial charge on any atom is -0.497 e. The Balaban J connectivity index is 0.00000162. The van der Waals surface area contributed by atoms with Crippen LogP contribution in [0.5, 0.6) is 0 Å². The molecule has 1 aliphatic carbocycles. The fourth-order valence-corrected chi connectivity index (χ4v) is 5.10. The first-order valence-electron chi connectivity index (χ1n) is 14.3. The molecule has 1 aromatic carbocycles. The molecule has 0 atom stereocenters. The van der Waals surface area contributed by atoms with E-state index in [2.05, 4.69) is 18.2 Å². The maximum absolute atomic E-state index is 13.6. The monoisotopic (exact) mass is 618 g/mol. The maximum Gasteiger partial charge on any atom is 0.290 e. The number of allylic oxidation sites excluding steroid dienone is 10. The lowest BCUT2D eigenvalue weighted by Crippen LogP contribution is -2.32. The summed E-state index contributed by atoms with van der Waals surface area (Å²) in [4.78, 5) is 39.1. The van der Waals surface area contributed by atoms with E-state index in [9.17, 15) is 18.8 Å². The summed E-state index contributed by atoms with van der Waals surface area (Å²) >= 11 is 0.903. The highest BCUT2D eigenvalue weighted by Crippen LogP contribution is 2.32. The first-order valence-corrected chi connectivity index (χ1v) is 15.1. The van der Waals surface area contributed by atoms with Gasteiger partial charge in [-0.2, -0.15) is 0 Å². The lowest BCUT2D eigenvalue weighted by atomic mass is 9.98. The smallest absolute Gasteiger partial charge is 0.290 e. The average molecular weight is 619 g/mol. The zero-order valence-corrected chi connectivity index (χ0v) is 26.6. The number of rotatable bonds is 9. The summed E-state index contributed by atoms with van der Waals surface area (Å²) in [5.74, 6) is 0.0650. The molecule has 3 aliphatic rings. The van der Waals surface area contributed by atoms with Gasteiger partial charge in [0.1, 0.15) is 5.82 Å². The lowest BCUT2D eigenvalue weighted by Gasteiger charge is -2.31. The van der Waals surface area contributed by atoms with E-state index < -0.39 is 0 Å². The van der Waals surface area contributed by atoms with Crippen LogP contribution in [0.2, 0.25) is 0 Å². The third kappa shape index (κ3) is 9.48. The Labute approximate surface area is 263 Å². The normalized spacial score (nSPS) is 18.5. The van der Waals surface area contributed by atoms with Crippen LogP contribution in [0.3, 0.4) is 0 Å². The summed E-state index contributed by atoms with van der Waals surface area (Å²) in [5.41, 5.74) is 3.49. The van der Waals surface area contributed by atoms with Crippen LogP contribution in [0, 0.1) is 18.7 Å². The Hall–Kier alpha value is -4.55. The van der Waals surface area contributed by atoms with Crippen molar-refractivity contribution in [3.63, 3.8) is 0 Å². The summed E-state index contributed by atoms with van der Waals surface area (Å²) in [5, 5.41) is 1.91. The van der Waals surface area contributed by atoms with Crippen molar-refractivity contribution in [1.82, 2.24) is 10.2 Å². The first-order chi connectivity index (χ1) is 21.3. The van der Waals surface area contributed by atoms with Crippen LogP contribution >= 0.6 is 11.8 Å². The van der Waals surface area contributed by atoms with Gasteiger partial charge < -0.3 is 14.4 Å². The molecule has 4 rings (SSSR count). The van der Waals surface area contributed by atoms with Gasteiger partial charge in [-0.25, -0.2) is 4.39 Å². The molecule has 0 saturated carbocycles. The van der Waals surface area contributed by atoms with E-state index in [1.165, 1.54) is 12.1 Å². The number of Topliss-reactive ketones (excluding diaryl/α,β-unsaturated/α-hetero) is 1. The number of terminal acetylenes is 1. The molecule has 1 fully saturated rings.